The van der Waals surface area contributed by atoms with Crippen LogP contribution in [0.15, 0.2) is 42.7 Å². The summed E-state index contributed by atoms with van der Waals surface area (Å²) < 4.78 is 1.77. The molecule has 0 spiro atoms. The Bertz CT molecular complexity index is 736. The molecule has 3 aromatic rings. The maximum absolute atomic E-state index is 11.0. The van der Waals surface area contributed by atoms with Crippen molar-refractivity contribution < 1.29 is 4.79 Å². The summed E-state index contributed by atoms with van der Waals surface area (Å²) in [5.41, 5.74) is 1.71. The molecule has 0 atom stereocenters. The summed E-state index contributed by atoms with van der Waals surface area (Å²) in [7, 11) is 0. The van der Waals surface area contributed by atoms with Gasteiger partial charge >= 0.3 is 0 Å². The van der Waals surface area contributed by atoms with Gasteiger partial charge in [0.15, 0.2) is 11.9 Å². The molecule has 88 valence electrons. The highest BCUT2D eigenvalue weighted by molar-refractivity contribution is 6.30. The molecule has 1 aromatic carbocycles. The number of halogens is 1. The molecule has 0 saturated carbocycles. The van der Waals surface area contributed by atoms with E-state index in [1.54, 1.807) is 28.8 Å². The number of carbonyl (C=O) groups excluding carboxylic acids is 1. The van der Waals surface area contributed by atoms with Crippen LogP contribution in [0.2, 0.25) is 5.02 Å². The van der Waals surface area contributed by atoms with E-state index >= 15 is 0 Å². The van der Waals surface area contributed by atoms with Crippen LogP contribution in [0.1, 0.15) is 10.5 Å². The summed E-state index contributed by atoms with van der Waals surface area (Å²) >= 11 is 5.96. The van der Waals surface area contributed by atoms with Gasteiger partial charge in [-0.25, -0.2) is 9.97 Å². The standard InChI is InChI=1S/C13H8ClN3O/c14-10-4-1-3-9(7-10)12-16-11(8-18)13-15-5-2-6-17(12)13/h1-8H. The lowest BCUT2D eigenvalue weighted by Crippen LogP contribution is -1.90. The number of nitrogens with zero attached hydrogens (tertiary/aromatic N) is 3. The number of hydrogen-bond acceptors (Lipinski definition) is 3. The summed E-state index contributed by atoms with van der Waals surface area (Å²) in [5.74, 6) is 0.655. The summed E-state index contributed by atoms with van der Waals surface area (Å²) in [6.07, 6.45) is 4.15. The molecule has 0 amide bonds. The first-order chi connectivity index (χ1) is 8.79. The number of aromatic nitrogens is 3. The van der Waals surface area contributed by atoms with Crippen molar-refractivity contribution in [3.8, 4) is 11.4 Å². The van der Waals surface area contributed by atoms with Crippen LogP contribution >= 0.6 is 11.6 Å². The molecular weight excluding hydrogens is 250 g/mol. The lowest BCUT2D eigenvalue weighted by atomic mass is 10.2. The molecule has 4 nitrogen and oxygen atoms in total. The molecule has 2 heterocycles. The molecule has 18 heavy (non-hydrogen) atoms. The van der Waals surface area contributed by atoms with Gasteiger partial charge in [-0.1, -0.05) is 23.7 Å². The van der Waals surface area contributed by atoms with Gasteiger partial charge in [0.05, 0.1) is 0 Å². The Morgan fingerprint density at radius 1 is 1.28 bits per heavy atom. The second-order valence-electron chi connectivity index (χ2n) is 3.76. The molecular formula is C13H8ClN3O. The highest BCUT2D eigenvalue weighted by Crippen LogP contribution is 2.23. The lowest BCUT2D eigenvalue weighted by Gasteiger charge is -2.00. The van der Waals surface area contributed by atoms with Crippen molar-refractivity contribution in [1.29, 1.82) is 0 Å². The van der Waals surface area contributed by atoms with Crippen LogP contribution in [0.25, 0.3) is 17.0 Å². The van der Waals surface area contributed by atoms with Crippen LogP contribution in [0.3, 0.4) is 0 Å². The molecule has 3 rings (SSSR count). The van der Waals surface area contributed by atoms with Crippen LogP contribution in [0.5, 0.6) is 0 Å². The van der Waals surface area contributed by atoms with Crippen LogP contribution in [0, 0.1) is 0 Å². The number of rotatable bonds is 2. The van der Waals surface area contributed by atoms with Gasteiger partial charge in [0.2, 0.25) is 0 Å². The van der Waals surface area contributed by atoms with Gasteiger partial charge in [-0.2, -0.15) is 0 Å². The molecule has 0 aliphatic carbocycles. The van der Waals surface area contributed by atoms with Crippen molar-refractivity contribution in [3.05, 3.63) is 53.4 Å². The third-order valence-corrected chi connectivity index (χ3v) is 2.86. The molecule has 0 radical (unpaired) electrons. The quantitative estimate of drug-likeness (QED) is 0.663. The Labute approximate surface area is 108 Å². The number of imidazole rings is 1. The molecule has 0 aliphatic rings. The van der Waals surface area contributed by atoms with Gasteiger partial charge in [-0.05, 0) is 18.2 Å². The maximum atomic E-state index is 11.0. The van der Waals surface area contributed by atoms with E-state index < -0.39 is 0 Å². The van der Waals surface area contributed by atoms with E-state index in [1.807, 2.05) is 18.3 Å². The van der Waals surface area contributed by atoms with Crippen molar-refractivity contribution in [2.45, 2.75) is 0 Å². The molecule has 0 fully saturated rings. The van der Waals surface area contributed by atoms with Crippen LogP contribution in [-0.2, 0) is 0 Å². The summed E-state index contributed by atoms with van der Waals surface area (Å²) in [4.78, 5) is 19.4. The van der Waals surface area contributed by atoms with E-state index in [9.17, 15) is 4.79 Å². The number of benzene rings is 1. The summed E-state index contributed by atoms with van der Waals surface area (Å²) in [5, 5.41) is 0.626. The summed E-state index contributed by atoms with van der Waals surface area (Å²) in [6.45, 7) is 0. The third kappa shape index (κ3) is 1.67. The predicted molar refractivity (Wildman–Crippen MR) is 68.8 cm³/mol. The van der Waals surface area contributed by atoms with Crippen molar-refractivity contribution in [3.63, 3.8) is 0 Å². The van der Waals surface area contributed by atoms with E-state index in [0.717, 1.165) is 5.56 Å². The van der Waals surface area contributed by atoms with Crippen molar-refractivity contribution in [1.82, 2.24) is 14.4 Å². The predicted octanol–water partition coefficient (Wildman–Crippen LogP) is 2.86. The third-order valence-electron chi connectivity index (χ3n) is 2.62. The summed E-state index contributed by atoms with van der Waals surface area (Å²) in [6, 6.07) is 9.12. The second-order valence-corrected chi connectivity index (χ2v) is 4.20. The second kappa shape index (κ2) is 4.23. The average molecular weight is 258 g/mol. The minimum Gasteiger partial charge on any atom is -0.296 e. The van der Waals surface area contributed by atoms with Crippen molar-refractivity contribution >= 4 is 23.5 Å². The Hall–Kier alpha value is -2.20. The minimum absolute atomic E-state index is 0.325. The Balaban J connectivity index is 2.33. The molecule has 0 aliphatic heterocycles. The van der Waals surface area contributed by atoms with Crippen LogP contribution in [0.4, 0.5) is 0 Å². The minimum atomic E-state index is 0.325. The molecule has 0 saturated heterocycles. The fourth-order valence-electron chi connectivity index (χ4n) is 1.86. The zero-order chi connectivity index (χ0) is 12.5. The van der Waals surface area contributed by atoms with Gasteiger partial charge in [0, 0.05) is 23.0 Å². The van der Waals surface area contributed by atoms with Gasteiger partial charge in [-0.15, -0.1) is 0 Å². The Morgan fingerprint density at radius 2 is 2.17 bits per heavy atom. The highest BCUT2D eigenvalue weighted by Gasteiger charge is 2.12. The lowest BCUT2D eigenvalue weighted by molar-refractivity contribution is 0.112. The Kier molecular flexibility index (Phi) is 2.57. The van der Waals surface area contributed by atoms with Gasteiger partial charge in [-0.3, -0.25) is 9.20 Å². The fourth-order valence-corrected chi connectivity index (χ4v) is 2.05. The molecule has 0 bridgehead atoms. The van der Waals surface area contributed by atoms with E-state index in [2.05, 4.69) is 9.97 Å². The van der Waals surface area contributed by atoms with E-state index in [1.165, 1.54) is 0 Å². The van der Waals surface area contributed by atoms with Crippen LogP contribution in [-0.4, -0.2) is 20.7 Å². The topological polar surface area (TPSA) is 47.3 Å². The van der Waals surface area contributed by atoms with E-state index in [0.29, 0.717) is 28.5 Å². The molecule has 0 unspecified atom stereocenters. The molecule has 2 aromatic heterocycles. The first kappa shape index (κ1) is 10.9. The maximum Gasteiger partial charge on any atom is 0.172 e. The van der Waals surface area contributed by atoms with Gasteiger partial charge in [0.25, 0.3) is 0 Å². The highest BCUT2D eigenvalue weighted by atomic mass is 35.5. The van der Waals surface area contributed by atoms with Crippen LogP contribution < -0.4 is 0 Å². The van der Waals surface area contributed by atoms with Gasteiger partial charge < -0.3 is 0 Å². The zero-order valence-electron chi connectivity index (χ0n) is 9.25. The monoisotopic (exact) mass is 257 g/mol. The number of fused-ring (bicyclic) bond motifs is 1. The SMILES string of the molecule is O=Cc1nc(-c2cccc(Cl)c2)n2cccnc12. The molecule has 0 N–H and O–H groups in total. The van der Waals surface area contributed by atoms with Gasteiger partial charge in [0.1, 0.15) is 11.5 Å². The normalized spacial score (nSPS) is 10.7. The largest absolute Gasteiger partial charge is 0.296 e. The smallest absolute Gasteiger partial charge is 0.172 e. The zero-order valence-corrected chi connectivity index (χ0v) is 10.0. The number of carbonyl (C=O) groups is 1. The first-order valence-corrected chi connectivity index (χ1v) is 5.71. The average Bonchev–Trinajstić information content (AvgIpc) is 2.77. The number of aldehydes is 1. The van der Waals surface area contributed by atoms with Crippen molar-refractivity contribution in [2.75, 3.05) is 0 Å². The first-order valence-electron chi connectivity index (χ1n) is 5.34. The number of hydrogen-bond donors (Lipinski definition) is 0. The molecule has 5 heteroatoms. The van der Waals surface area contributed by atoms with Crippen molar-refractivity contribution in [2.24, 2.45) is 0 Å². The van der Waals surface area contributed by atoms with E-state index in [-0.39, 0.29) is 0 Å². The fraction of sp³-hybridized carbons (Fsp3) is 0. The van der Waals surface area contributed by atoms with E-state index in [4.69, 9.17) is 11.6 Å². The Morgan fingerprint density at radius 3 is 2.94 bits per heavy atom.